The van der Waals surface area contributed by atoms with E-state index in [9.17, 15) is 84.5 Å². The van der Waals surface area contributed by atoms with E-state index in [1.807, 2.05) is 0 Å². The van der Waals surface area contributed by atoms with E-state index in [4.69, 9.17) is 0 Å². The molecule has 2 nitrogen and oxygen atoms in total. The van der Waals surface area contributed by atoms with Gasteiger partial charge in [0.25, 0.3) is 0 Å². The van der Waals surface area contributed by atoms with Crippen molar-refractivity contribution in [3.63, 3.8) is 0 Å². The molecule has 0 N–H and O–H groups in total. The lowest BCUT2D eigenvalue weighted by Crippen LogP contribution is -2.74. The number of hydrogen-bond acceptors (Lipinski definition) is 2. The summed E-state index contributed by atoms with van der Waals surface area (Å²) in [5.74, 6) is -59.0. The summed E-state index contributed by atoms with van der Waals surface area (Å²) in [6, 6.07) is 0. The van der Waals surface area contributed by atoms with Crippen molar-refractivity contribution in [1.82, 2.24) is 0 Å². The molecule has 0 aromatic heterocycles. The van der Waals surface area contributed by atoms with Crippen molar-refractivity contribution >= 4 is 5.97 Å². The molecule has 19 heteroatoms. The van der Waals surface area contributed by atoms with Gasteiger partial charge in [0.15, 0.2) is 0 Å². The number of carbonyl (C=O) groups is 1. The third-order valence-corrected chi connectivity index (χ3v) is 3.66. The van der Waals surface area contributed by atoms with Crippen molar-refractivity contribution in [3.05, 3.63) is 0 Å². The highest BCUT2D eigenvalue weighted by Crippen LogP contribution is 2.64. The zero-order valence-corrected chi connectivity index (χ0v) is 13.9. The van der Waals surface area contributed by atoms with Crippen molar-refractivity contribution in [2.45, 2.75) is 66.9 Å². The van der Waals surface area contributed by atoms with E-state index in [2.05, 4.69) is 0 Å². The number of alkyl halides is 17. The molecule has 0 aliphatic carbocycles. The Labute approximate surface area is 159 Å². The summed E-state index contributed by atoms with van der Waals surface area (Å²) in [7, 11) is 0. The van der Waals surface area contributed by atoms with Gasteiger partial charge in [0.05, 0.1) is 0 Å². The fraction of sp³-hybridized carbons (Fsp3) is 0.917. The molecule has 0 spiro atoms. The molecule has 0 aromatic rings. The largest absolute Gasteiger partial charge is 0.550 e. The maximum atomic E-state index is 13.3. The third-order valence-electron chi connectivity index (χ3n) is 3.66. The fourth-order valence-corrected chi connectivity index (χ4v) is 1.81. The zero-order chi connectivity index (χ0) is 25.7. The highest BCUT2D eigenvalue weighted by molar-refractivity contribution is 5.64. The van der Waals surface area contributed by atoms with Crippen LogP contribution < -0.4 is 5.11 Å². The molecule has 0 aliphatic heterocycles. The smallest absolute Gasteiger partial charge is 0.460 e. The Kier molecular flexibility index (Phi) is 7.27. The number of rotatable bonds is 10. The molecule has 0 radical (unpaired) electrons. The molecule has 0 saturated carbocycles. The second kappa shape index (κ2) is 7.70. The van der Waals surface area contributed by atoms with Gasteiger partial charge in [-0.25, -0.2) is 0 Å². The minimum Gasteiger partial charge on any atom is -0.550 e. The number of carbonyl (C=O) groups excluding carboxylic acids is 1. The number of hydrogen-bond donors (Lipinski definition) is 0. The summed E-state index contributed by atoms with van der Waals surface area (Å²) < 4.78 is 219. The van der Waals surface area contributed by atoms with Gasteiger partial charge in [-0.1, -0.05) is 0 Å². The summed E-state index contributed by atoms with van der Waals surface area (Å²) >= 11 is 0. The minimum absolute atomic E-state index is 1.60. The molecular formula is C12H6F17O2-. The number of aliphatic carboxylic acids is 1. The van der Waals surface area contributed by atoms with Crippen LogP contribution in [-0.2, 0) is 4.79 Å². The average Bonchev–Trinajstić information content (AvgIpc) is 2.51. The highest BCUT2D eigenvalue weighted by atomic mass is 19.4. The van der Waals surface area contributed by atoms with Gasteiger partial charge in [-0.2, -0.15) is 74.6 Å². The molecule has 0 aliphatic rings. The van der Waals surface area contributed by atoms with Crippen molar-refractivity contribution in [1.29, 1.82) is 0 Å². The molecule has 0 bridgehead atoms. The number of carboxylic acids is 1. The second-order valence-electron chi connectivity index (χ2n) is 5.87. The van der Waals surface area contributed by atoms with Gasteiger partial charge >= 0.3 is 47.6 Å². The Morgan fingerprint density at radius 3 is 1.10 bits per heavy atom. The van der Waals surface area contributed by atoms with Crippen molar-refractivity contribution in [2.75, 3.05) is 0 Å². The molecule has 0 rings (SSSR count). The van der Waals surface area contributed by atoms with Crippen LogP contribution in [0.25, 0.3) is 0 Å². The molecule has 0 amide bonds. The Balaban J connectivity index is 6.46. The molecule has 31 heavy (non-hydrogen) atoms. The van der Waals surface area contributed by atoms with Gasteiger partial charge in [0, 0.05) is 12.4 Å². The maximum Gasteiger partial charge on any atom is 0.460 e. The van der Waals surface area contributed by atoms with E-state index >= 15 is 0 Å². The highest BCUT2D eigenvalue weighted by Gasteiger charge is 2.95. The van der Waals surface area contributed by atoms with Crippen LogP contribution in [0.4, 0.5) is 74.6 Å². The summed E-state index contributed by atoms with van der Waals surface area (Å²) in [5.41, 5.74) is 0. The first kappa shape index (κ1) is 29.3. The van der Waals surface area contributed by atoms with Gasteiger partial charge in [0.2, 0.25) is 0 Å². The van der Waals surface area contributed by atoms with E-state index in [-0.39, 0.29) is 0 Å². The van der Waals surface area contributed by atoms with Crippen LogP contribution in [0.2, 0.25) is 0 Å². The van der Waals surface area contributed by atoms with Crippen LogP contribution in [-0.4, -0.2) is 53.6 Å². The van der Waals surface area contributed by atoms with Crippen LogP contribution in [0, 0.1) is 0 Å². The van der Waals surface area contributed by atoms with E-state index in [0.29, 0.717) is 0 Å². The van der Waals surface area contributed by atoms with Crippen molar-refractivity contribution in [2.24, 2.45) is 0 Å². The van der Waals surface area contributed by atoms with Crippen LogP contribution >= 0.6 is 0 Å². The Morgan fingerprint density at radius 2 is 0.806 bits per heavy atom. The van der Waals surface area contributed by atoms with Crippen LogP contribution in [0.3, 0.4) is 0 Å². The zero-order valence-electron chi connectivity index (χ0n) is 13.9. The van der Waals surface area contributed by atoms with Crippen LogP contribution in [0.5, 0.6) is 0 Å². The molecule has 0 saturated heterocycles. The van der Waals surface area contributed by atoms with Crippen LogP contribution in [0.15, 0.2) is 0 Å². The van der Waals surface area contributed by atoms with Gasteiger partial charge in [0.1, 0.15) is 0 Å². The van der Waals surface area contributed by atoms with Crippen LogP contribution in [0.1, 0.15) is 19.3 Å². The van der Waals surface area contributed by atoms with E-state index in [1.165, 1.54) is 0 Å². The van der Waals surface area contributed by atoms with Crippen molar-refractivity contribution < 1.29 is 84.5 Å². The molecule has 0 heterocycles. The third kappa shape index (κ3) is 4.19. The predicted octanol–water partition coefficient (Wildman–Crippen LogP) is 4.92. The molecule has 186 valence electrons. The first-order chi connectivity index (χ1) is 13.2. The lowest BCUT2D eigenvalue weighted by molar-refractivity contribution is -0.461. The lowest BCUT2D eigenvalue weighted by atomic mass is 9.88. The Morgan fingerprint density at radius 1 is 0.516 bits per heavy atom. The summed E-state index contributed by atoms with van der Waals surface area (Å²) in [4.78, 5) is 9.95. The predicted molar refractivity (Wildman–Crippen MR) is 59.5 cm³/mol. The SMILES string of the molecule is O=C([O-])CCCC(F)(F)C(F)(F)C(F)(F)C(F)(F)C(F)(F)C(F)(F)C(F)(F)C(F)(F)F. The first-order valence-electron chi connectivity index (χ1n) is 7.08. The monoisotopic (exact) mass is 505 g/mol. The molecule has 0 fully saturated rings. The fourth-order valence-electron chi connectivity index (χ4n) is 1.81. The standard InChI is InChI=1S/C12H7F17O2/c13-5(14,3-1-2-4(30)31)6(15,16)7(17,18)8(19,20)9(21,22)10(23,24)11(25,26)12(27,28)29/h1-3H2,(H,30,31)/p-1. The first-order valence-corrected chi connectivity index (χ1v) is 7.08. The quantitative estimate of drug-likeness (QED) is 0.396. The lowest BCUT2D eigenvalue weighted by Gasteiger charge is -2.42. The van der Waals surface area contributed by atoms with Gasteiger partial charge in [-0.15, -0.1) is 0 Å². The minimum atomic E-state index is -8.67. The van der Waals surface area contributed by atoms with E-state index in [1.54, 1.807) is 0 Å². The summed E-state index contributed by atoms with van der Waals surface area (Å²) in [6.45, 7) is 0. The molecule has 0 atom stereocenters. The van der Waals surface area contributed by atoms with Gasteiger partial charge < -0.3 is 9.90 Å². The Hall–Kier alpha value is -1.72. The normalized spacial score (nSPS) is 15.9. The van der Waals surface area contributed by atoms with Gasteiger partial charge in [-0.3, -0.25) is 0 Å². The molecule has 0 unspecified atom stereocenters. The summed E-state index contributed by atoms with van der Waals surface area (Å²) in [5, 5.41) is 9.95. The van der Waals surface area contributed by atoms with E-state index in [0.717, 1.165) is 0 Å². The van der Waals surface area contributed by atoms with E-state index < -0.39 is 72.9 Å². The Bertz CT molecular complexity index is 663. The van der Waals surface area contributed by atoms with Gasteiger partial charge in [-0.05, 0) is 12.8 Å². The number of halogens is 17. The molecular weight excluding hydrogens is 499 g/mol. The summed E-state index contributed by atoms with van der Waals surface area (Å²) in [6.07, 6.45) is -13.9. The van der Waals surface area contributed by atoms with Crippen molar-refractivity contribution in [3.8, 4) is 0 Å². The number of carboxylic acid groups (broad SMARTS) is 1. The average molecular weight is 505 g/mol. The second-order valence-corrected chi connectivity index (χ2v) is 5.87. The molecule has 0 aromatic carbocycles. The topological polar surface area (TPSA) is 40.1 Å². The maximum absolute atomic E-state index is 13.3.